The quantitative estimate of drug-likeness (QED) is 0.522. The van der Waals surface area contributed by atoms with Crippen LogP contribution in [0.1, 0.15) is 18.5 Å². The minimum atomic E-state index is -0.828. The number of hydrogen-bond acceptors (Lipinski definition) is 7. The summed E-state index contributed by atoms with van der Waals surface area (Å²) in [6.45, 7) is 0.292. The largest absolute Gasteiger partial charge is 0.494 e. The van der Waals surface area contributed by atoms with Crippen molar-refractivity contribution >= 4 is 17.7 Å². The van der Waals surface area contributed by atoms with Crippen molar-refractivity contribution < 1.29 is 23.7 Å². The lowest BCUT2D eigenvalue weighted by Crippen LogP contribution is -2.58. The molecule has 2 aromatic rings. The number of methoxy groups -OCH3 is 1. The number of amides is 1. The van der Waals surface area contributed by atoms with E-state index in [-0.39, 0.29) is 5.75 Å². The fourth-order valence-electron chi connectivity index (χ4n) is 2.92. The summed E-state index contributed by atoms with van der Waals surface area (Å²) >= 11 is 1.77. The lowest BCUT2D eigenvalue weighted by molar-refractivity contribution is -0.136. The second-order valence-corrected chi connectivity index (χ2v) is 7.25. The lowest BCUT2D eigenvalue weighted by Gasteiger charge is -2.35. The molecule has 7 nitrogen and oxygen atoms in total. The molecule has 0 unspecified atom stereocenters. The number of halogens is 1. The van der Waals surface area contributed by atoms with Crippen LogP contribution in [-0.4, -0.2) is 40.4 Å². The molecule has 9 heteroatoms. The first-order valence-electron chi connectivity index (χ1n) is 8.15. The van der Waals surface area contributed by atoms with Gasteiger partial charge < -0.3 is 9.26 Å². The molecule has 0 radical (unpaired) electrons. The van der Waals surface area contributed by atoms with E-state index in [0.29, 0.717) is 36.4 Å². The van der Waals surface area contributed by atoms with Crippen molar-refractivity contribution in [3.63, 3.8) is 0 Å². The zero-order valence-electron chi connectivity index (χ0n) is 14.3. The number of carbonyl (C=O) groups is 1. The number of thioether (sulfide) groups is 1. The van der Waals surface area contributed by atoms with E-state index in [4.69, 9.17) is 14.5 Å². The molecule has 140 valence electrons. The molecule has 1 amide bonds. The average molecular weight is 381 g/mol. The van der Waals surface area contributed by atoms with Gasteiger partial charge in [0.1, 0.15) is 5.54 Å². The van der Waals surface area contributed by atoms with E-state index in [1.165, 1.54) is 19.2 Å². The van der Waals surface area contributed by atoms with E-state index in [9.17, 15) is 9.18 Å². The molecule has 0 saturated carbocycles. The Kier molecular flexibility index (Phi) is 5.80. The van der Waals surface area contributed by atoms with Crippen molar-refractivity contribution in [2.75, 3.05) is 18.6 Å². The Labute approximate surface area is 154 Å². The van der Waals surface area contributed by atoms with Crippen molar-refractivity contribution in [2.45, 2.75) is 24.9 Å². The van der Waals surface area contributed by atoms with Gasteiger partial charge in [0.15, 0.2) is 17.3 Å². The SMILES string of the molecule is COc1ccc(-c2cc(CNC3(C(=O)NO)CCSCC3)no2)cc1F. The van der Waals surface area contributed by atoms with E-state index >= 15 is 0 Å². The predicted octanol–water partition coefficient (Wildman–Crippen LogP) is 2.35. The van der Waals surface area contributed by atoms with Crippen LogP contribution in [0.5, 0.6) is 5.75 Å². The van der Waals surface area contributed by atoms with Crippen LogP contribution < -0.4 is 15.5 Å². The van der Waals surface area contributed by atoms with Gasteiger partial charge in [-0.05, 0) is 42.5 Å². The van der Waals surface area contributed by atoms with Crippen molar-refractivity contribution in [1.29, 1.82) is 0 Å². The van der Waals surface area contributed by atoms with Crippen LogP contribution >= 0.6 is 11.8 Å². The molecule has 26 heavy (non-hydrogen) atoms. The Balaban J connectivity index is 1.71. The Bertz CT molecular complexity index is 777. The fourth-order valence-corrected chi connectivity index (χ4v) is 4.11. The molecule has 0 bridgehead atoms. The second-order valence-electron chi connectivity index (χ2n) is 6.02. The van der Waals surface area contributed by atoms with Crippen molar-refractivity contribution in [3.8, 4) is 17.1 Å². The zero-order chi connectivity index (χ0) is 18.6. The molecular formula is C17H20FN3O4S. The van der Waals surface area contributed by atoms with Gasteiger partial charge >= 0.3 is 0 Å². The van der Waals surface area contributed by atoms with Crippen LogP contribution in [0.3, 0.4) is 0 Å². The summed E-state index contributed by atoms with van der Waals surface area (Å²) in [5.74, 6) is 1.30. The number of benzene rings is 1. The summed E-state index contributed by atoms with van der Waals surface area (Å²) in [5.41, 5.74) is 2.05. The lowest BCUT2D eigenvalue weighted by atomic mass is 9.91. The summed E-state index contributed by atoms with van der Waals surface area (Å²) < 4.78 is 24.0. The topological polar surface area (TPSA) is 96.6 Å². The first-order valence-corrected chi connectivity index (χ1v) is 9.30. The van der Waals surface area contributed by atoms with E-state index in [1.54, 1.807) is 29.4 Å². The highest BCUT2D eigenvalue weighted by Gasteiger charge is 2.39. The Morgan fingerprint density at radius 2 is 2.19 bits per heavy atom. The molecule has 3 N–H and O–H groups in total. The molecule has 1 fully saturated rings. The maximum absolute atomic E-state index is 13.8. The third-order valence-corrected chi connectivity index (χ3v) is 5.47. The Morgan fingerprint density at radius 1 is 1.42 bits per heavy atom. The van der Waals surface area contributed by atoms with Gasteiger partial charge in [-0.1, -0.05) is 5.16 Å². The predicted molar refractivity (Wildman–Crippen MR) is 94.5 cm³/mol. The number of nitrogens with one attached hydrogen (secondary N) is 2. The van der Waals surface area contributed by atoms with Crippen molar-refractivity contribution in [1.82, 2.24) is 16.0 Å². The van der Waals surface area contributed by atoms with Gasteiger partial charge in [0.05, 0.1) is 12.8 Å². The van der Waals surface area contributed by atoms with Gasteiger partial charge in [-0.2, -0.15) is 11.8 Å². The maximum atomic E-state index is 13.8. The van der Waals surface area contributed by atoms with E-state index in [2.05, 4.69) is 10.5 Å². The summed E-state index contributed by atoms with van der Waals surface area (Å²) in [5, 5.41) is 16.2. The van der Waals surface area contributed by atoms with Gasteiger partial charge in [-0.3, -0.25) is 15.3 Å². The molecule has 0 spiro atoms. The first kappa shape index (κ1) is 18.7. The van der Waals surface area contributed by atoms with E-state index in [0.717, 1.165) is 11.5 Å². The number of aromatic nitrogens is 1. The number of carbonyl (C=O) groups excluding carboxylic acids is 1. The maximum Gasteiger partial charge on any atom is 0.263 e. The molecule has 0 aliphatic carbocycles. The van der Waals surface area contributed by atoms with Crippen LogP contribution in [0.15, 0.2) is 28.8 Å². The standard InChI is InChI=1S/C17H20FN3O4S/c1-24-14-3-2-11(8-13(14)18)15-9-12(21-25-15)10-19-17(16(22)20-23)4-6-26-7-5-17/h2-3,8-9,19,23H,4-7,10H2,1H3,(H,20,22). The Morgan fingerprint density at radius 3 is 2.85 bits per heavy atom. The molecule has 1 aromatic heterocycles. The normalized spacial score (nSPS) is 16.3. The van der Waals surface area contributed by atoms with Gasteiger partial charge in [0.2, 0.25) is 0 Å². The number of nitrogens with zero attached hydrogens (tertiary/aromatic N) is 1. The number of hydroxylamine groups is 1. The zero-order valence-corrected chi connectivity index (χ0v) is 15.1. The molecule has 1 aliphatic rings. The van der Waals surface area contributed by atoms with E-state index < -0.39 is 17.3 Å². The molecule has 3 rings (SSSR count). The van der Waals surface area contributed by atoms with Crippen LogP contribution in [0.2, 0.25) is 0 Å². The highest BCUT2D eigenvalue weighted by Crippen LogP contribution is 2.29. The molecular weight excluding hydrogens is 361 g/mol. The minimum absolute atomic E-state index is 0.155. The number of rotatable bonds is 6. The highest BCUT2D eigenvalue weighted by atomic mass is 32.2. The minimum Gasteiger partial charge on any atom is -0.494 e. The smallest absolute Gasteiger partial charge is 0.263 e. The summed E-state index contributed by atoms with van der Waals surface area (Å²) in [6, 6.07) is 6.20. The van der Waals surface area contributed by atoms with Gasteiger partial charge in [0.25, 0.3) is 5.91 Å². The van der Waals surface area contributed by atoms with Gasteiger partial charge in [-0.25, -0.2) is 9.87 Å². The van der Waals surface area contributed by atoms with Gasteiger partial charge in [-0.15, -0.1) is 0 Å². The van der Waals surface area contributed by atoms with Crippen molar-refractivity contribution in [2.24, 2.45) is 0 Å². The van der Waals surface area contributed by atoms with Crippen LogP contribution in [-0.2, 0) is 11.3 Å². The molecule has 1 saturated heterocycles. The monoisotopic (exact) mass is 381 g/mol. The number of ether oxygens (including phenoxy) is 1. The van der Waals surface area contributed by atoms with E-state index in [1.807, 2.05) is 0 Å². The van der Waals surface area contributed by atoms with Crippen molar-refractivity contribution in [3.05, 3.63) is 35.8 Å². The van der Waals surface area contributed by atoms with Gasteiger partial charge in [0, 0.05) is 18.2 Å². The average Bonchev–Trinajstić information content (AvgIpc) is 3.15. The van der Waals surface area contributed by atoms with Crippen LogP contribution in [0.4, 0.5) is 4.39 Å². The summed E-state index contributed by atoms with van der Waals surface area (Å²) in [4.78, 5) is 12.1. The fraction of sp³-hybridized carbons (Fsp3) is 0.412. The molecule has 1 aromatic carbocycles. The summed E-state index contributed by atoms with van der Waals surface area (Å²) in [7, 11) is 1.40. The molecule has 1 aliphatic heterocycles. The second kappa shape index (κ2) is 8.07. The molecule has 2 heterocycles. The number of hydrogen-bond donors (Lipinski definition) is 3. The highest BCUT2D eigenvalue weighted by molar-refractivity contribution is 7.99. The first-order chi connectivity index (χ1) is 12.6. The third kappa shape index (κ3) is 3.84. The Hall–Kier alpha value is -2.10. The van der Waals surface area contributed by atoms with Crippen LogP contribution in [0.25, 0.3) is 11.3 Å². The summed E-state index contributed by atoms with van der Waals surface area (Å²) in [6.07, 6.45) is 1.22. The molecule has 0 atom stereocenters. The third-order valence-electron chi connectivity index (χ3n) is 4.49. The van der Waals surface area contributed by atoms with Crippen LogP contribution in [0, 0.1) is 5.82 Å².